The molecule has 0 unspecified atom stereocenters. The van der Waals surface area contributed by atoms with E-state index in [4.69, 9.17) is 9.84 Å². The summed E-state index contributed by atoms with van der Waals surface area (Å²) in [6.45, 7) is 1.93. The molecule has 160 valence electrons. The number of hydrogen-bond donors (Lipinski definition) is 3. The minimum absolute atomic E-state index is 0.0707. The molecule has 0 saturated heterocycles. The minimum atomic E-state index is -0.457. The summed E-state index contributed by atoms with van der Waals surface area (Å²) in [4.78, 5) is 17.9. The van der Waals surface area contributed by atoms with Gasteiger partial charge in [0.05, 0.1) is 12.7 Å². The maximum atomic E-state index is 13.3. The van der Waals surface area contributed by atoms with E-state index in [1.807, 2.05) is 61.5 Å². The standard InChI is InChI=1S/C23H25N5O3/c1-15-20(22(30)25-17-7-4-3-5-8-17)21(16-10-12-18(31-2)13-11-16)28-23(24-15)26-19(27-28)9-6-14-29/h3-5,7-8,10-13,21,29H,6,9,14H2,1-2H3,(H,25,30)(H,24,26,27)/t21-/m0/s1. The van der Waals surface area contributed by atoms with E-state index >= 15 is 0 Å². The molecule has 1 aromatic heterocycles. The predicted octanol–water partition coefficient (Wildman–Crippen LogP) is 3.14. The number of carbonyl (C=O) groups excluding carboxylic acids is 1. The number of nitrogens with one attached hydrogen (secondary N) is 2. The molecule has 2 aromatic carbocycles. The summed E-state index contributed by atoms with van der Waals surface area (Å²) in [6.07, 6.45) is 1.13. The maximum Gasteiger partial charge on any atom is 0.255 e. The summed E-state index contributed by atoms with van der Waals surface area (Å²) < 4.78 is 7.02. The zero-order valence-corrected chi connectivity index (χ0v) is 17.5. The Hall–Kier alpha value is -3.65. The van der Waals surface area contributed by atoms with Crippen molar-refractivity contribution in [2.24, 2.45) is 0 Å². The number of fused-ring (bicyclic) bond motifs is 1. The van der Waals surface area contributed by atoms with Crippen molar-refractivity contribution in [3.05, 3.63) is 77.3 Å². The zero-order valence-electron chi connectivity index (χ0n) is 17.5. The number of carbonyl (C=O) groups is 1. The quantitative estimate of drug-likeness (QED) is 0.544. The third kappa shape index (κ3) is 4.29. The Morgan fingerprint density at radius 1 is 1.19 bits per heavy atom. The fourth-order valence-electron chi connectivity index (χ4n) is 3.65. The lowest BCUT2D eigenvalue weighted by molar-refractivity contribution is -0.113. The van der Waals surface area contributed by atoms with Crippen LogP contribution in [0.25, 0.3) is 0 Å². The third-order valence-corrected chi connectivity index (χ3v) is 5.16. The molecule has 0 radical (unpaired) electrons. The number of rotatable bonds is 7. The lowest BCUT2D eigenvalue weighted by atomic mass is 9.95. The van der Waals surface area contributed by atoms with Crippen LogP contribution in [0.5, 0.6) is 5.75 Å². The van der Waals surface area contributed by atoms with Crippen LogP contribution >= 0.6 is 0 Å². The number of anilines is 2. The number of allylic oxidation sites excluding steroid dienone is 1. The summed E-state index contributed by atoms with van der Waals surface area (Å²) in [7, 11) is 1.62. The highest BCUT2D eigenvalue weighted by molar-refractivity contribution is 6.06. The Morgan fingerprint density at radius 3 is 2.61 bits per heavy atom. The number of amides is 1. The number of aliphatic hydroxyl groups excluding tert-OH is 1. The Labute approximate surface area is 180 Å². The number of benzene rings is 2. The summed E-state index contributed by atoms with van der Waals surface area (Å²) in [5.41, 5.74) is 2.87. The van der Waals surface area contributed by atoms with Gasteiger partial charge in [-0.2, -0.15) is 10.1 Å². The molecule has 8 nitrogen and oxygen atoms in total. The smallest absolute Gasteiger partial charge is 0.255 e. The third-order valence-electron chi connectivity index (χ3n) is 5.16. The van der Waals surface area contributed by atoms with Crippen LogP contribution in [-0.4, -0.2) is 39.5 Å². The highest BCUT2D eigenvalue weighted by Crippen LogP contribution is 2.36. The van der Waals surface area contributed by atoms with Crippen molar-refractivity contribution in [3.63, 3.8) is 0 Å². The van der Waals surface area contributed by atoms with E-state index in [1.165, 1.54) is 0 Å². The Balaban J connectivity index is 1.75. The molecule has 2 heterocycles. The average molecular weight is 419 g/mol. The van der Waals surface area contributed by atoms with E-state index in [0.717, 1.165) is 11.3 Å². The molecule has 3 N–H and O–H groups in total. The van der Waals surface area contributed by atoms with Crippen molar-refractivity contribution >= 4 is 17.5 Å². The number of para-hydroxylation sites is 1. The van der Waals surface area contributed by atoms with Gasteiger partial charge in [-0.15, -0.1) is 0 Å². The SMILES string of the molecule is COc1ccc([C@H]2C(C(=O)Nc3ccccc3)=C(C)Nc3nc(CCCO)nn32)cc1. The largest absolute Gasteiger partial charge is 0.497 e. The molecule has 1 aliphatic rings. The van der Waals surface area contributed by atoms with Crippen molar-refractivity contribution in [3.8, 4) is 5.75 Å². The van der Waals surface area contributed by atoms with Gasteiger partial charge >= 0.3 is 0 Å². The summed E-state index contributed by atoms with van der Waals surface area (Å²) in [6, 6.07) is 16.5. The van der Waals surface area contributed by atoms with Crippen LogP contribution in [0.1, 0.15) is 30.8 Å². The lowest BCUT2D eigenvalue weighted by Gasteiger charge is -2.28. The predicted molar refractivity (Wildman–Crippen MR) is 118 cm³/mol. The van der Waals surface area contributed by atoms with Crippen LogP contribution in [0.3, 0.4) is 0 Å². The van der Waals surface area contributed by atoms with Gasteiger partial charge in [0.1, 0.15) is 11.8 Å². The molecule has 3 aromatic rings. The molecular weight excluding hydrogens is 394 g/mol. The molecule has 0 fully saturated rings. The van der Waals surface area contributed by atoms with E-state index in [9.17, 15) is 4.79 Å². The number of aryl methyl sites for hydroxylation is 1. The molecule has 0 spiro atoms. The van der Waals surface area contributed by atoms with Gasteiger partial charge in [-0.05, 0) is 43.2 Å². The summed E-state index contributed by atoms with van der Waals surface area (Å²) >= 11 is 0. The molecule has 1 aliphatic heterocycles. The van der Waals surface area contributed by atoms with E-state index < -0.39 is 6.04 Å². The molecule has 8 heteroatoms. The average Bonchev–Trinajstić information content (AvgIpc) is 3.19. The number of aromatic nitrogens is 3. The normalized spacial score (nSPS) is 15.3. The van der Waals surface area contributed by atoms with Crippen LogP contribution in [0, 0.1) is 0 Å². The van der Waals surface area contributed by atoms with Gasteiger partial charge in [0.25, 0.3) is 5.91 Å². The van der Waals surface area contributed by atoms with Crippen LogP contribution in [-0.2, 0) is 11.2 Å². The van der Waals surface area contributed by atoms with E-state index in [0.29, 0.717) is 41.6 Å². The Bertz CT molecular complexity index is 1090. The number of nitrogens with zero attached hydrogens (tertiary/aromatic N) is 3. The van der Waals surface area contributed by atoms with Gasteiger partial charge < -0.3 is 20.5 Å². The fraction of sp³-hybridized carbons (Fsp3) is 0.261. The monoisotopic (exact) mass is 419 g/mol. The Kier molecular flexibility index (Phi) is 5.99. The molecule has 0 bridgehead atoms. The first-order chi connectivity index (χ1) is 15.1. The molecule has 0 aliphatic carbocycles. The van der Waals surface area contributed by atoms with E-state index in [-0.39, 0.29) is 12.5 Å². The molecular formula is C23H25N5O3. The van der Waals surface area contributed by atoms with Gasteiger partial charge in [0, 0.05) is 24.4 Å². The fourth-order valence-corrected chi connectivity index (χ4v) is 3.65. The van der Waals surface area contributed by atoms with Crippen molar-refractivity contribution in [2.45, 2.75) is 25.8 Å². The van der Waals surface area contributed by atoms with Gasteiger partial charge in [0.15, 0.2) is 5.82 Å². The van der Waals surface area contributed by atoms with Crippen LogP contribution in [0.2, 0.25) is 0 Å². The number of methoxy groups -OCH3 is 1. The topological polar surface area (TPSA) is 101 Å². The molecule has 1 amide bonds. The number of ether oxygens (including phenoxy) is 1. The van der Waals surface area contributed by atoms with Crippen LogP contribution < -0.4 is 15.4 Å². The highest BCUT2D eigenvalue weighted by Gasteiger charge is 2.34. The molecule has 1 atom stereocenters. The van der Waals surface area contributed by atoms with Gasteiger partial charge in [0.2, 0.25) is 5.95 Å². The molecule has 31 heavy (non-hydrogen) atoms. The second-order valence-electron chi connectivity index (χ2n) is 7.28. The molecule has 4 rings (SSSR count). The summed E-state index contributed by atoms with van der Waals surface area (Å²) in [5.74, 6) is 1.71. The van der Waals surface area contributed by atoms with Crippen LogP contribution in [0.15, 0.2) is 65.9 Å². The van der Waals surface area contributed by atoms with Crippen molar-refractivity contribution in [1.82, 2.24) is 14.8 Å². The molecule has 0 saturated carbocycles. The van der Waals surface area contributed by atoms with E-state index in [1.54, 1.807) is 11.8 Å². The van der Waals surface area contributed by atoms with Crippen LogP contribution in [0.4, 0.5) is 11.6 Å². The first-order valence-corrected chi connectivity index (χ1v) is 10.1. The lowest BCUT2D eigenvalue weighted by Crippen LogP contribution is -2.31. The Morgan fingerprint density at radius 2 is 1.94 bits per heavy atom. The van der Waals surface area contributed by atoms with Gasteiger partial charge in [-0.25, -0.2) is 4.68 Å². The van der Waals surface area contributed by atoms with Gasteiger partial charge in [-0.3, -0.25) is 4.79 Å². The first kappa shape index (κ1) is 20.6. The number of aliphatic hydroxyl groups is 1. The minimum Gasteiger partial charge on any atom is -0.497 e. The zero-order chi connectivity index (χ0) is 21.8. The van der Waals surface area contributed by atoms with E-state index in [2.05, 4.69) is 20.7 Å². The van der Waals surface area contributed by atoms with Gasteiger partial charge in [-0.1, -0.05) is 30.3 Å². The first-order valence-electron chi connectivity index (χ1n) is 10.1. The maximum absolute atomic E-state index is 13.3. The second-order valence-corrected chi connectivity index (χ2v) is 7.28. The van der Waals surface area contributed by atoms with Crippen molar-refractivity contribution in [1.29, 1.82) is 0 Å². The van der Waals surface area contributed by atoms with Crippen molar-refractivity contribution < 1.29 is 14.6 Å². The highest BCUT2D eigenvalue weighted by atomic mass is 16.5. The van der Waals surface area contributed by atoms with Crippen molar-refractivity contribution in [2.75, 3.05) is 24.4 Å². The number of hydrogen-bond acceptors (Lipinski definition) is 6. The second kappa shape index (κ2) is 9.01. The summed E-state index contributed by atoms with van der Waals surface area (Å²) in [5, 5.41) is 20.0.